The molecule has 39 heavy (non-hydrogen) atoms. The summed E-state index contributed by atoms with van der Waals surface area (Å²) in [6.45, 7) is 16.1. The summed E-state index contributed by atoms with van der Waals surface area (Å²) in [5.74, 6) is -3.26. The first-order chi connectivity index (χ1) is 18.2. The molecule has 5 atom stereocenters. The van der Waals surface area contributed by atoms with Crippen LogP contribution in [-0.2, 0) is 30.3 Å². The van der Waals surface area contributed by atoms with E-state index >= 15 is 0 Å². The molecule has 10 heteroatoms. The number of nitrogens with one attached hydrogen (secondary N) is 1. The van der Waals surface area contributed by atoms with Crippen molar-refractivity contribution in [2.45, 2.75) is 106 Å². The molecule has 2 N–H and O–H groups in total. The molecule has 0 radical (unpaired) electrons. The first-order valence-corrected chi connectivity index (χ1v) is 13.7. The Hall–Kier alpha value is -3.14. The number of carboxylic acid groups (broad SMARTS) is 1. The SMILES string of the molecule is CCC(C)N[C@@](Cc1ccc(OC(=O)C(C)CC)c(OC(=O)C(C)CC)c1)(OC(=O)OC(C)C(C)C)C(=O)O. The summed E-state index contributed by atoms with van der Waals surface area (Å²) in [4.78, 5) is 50.3. The lowest BCUT2D eigenvalue weighted by Gasteiger charge is -2.33. The third kappa shape index (κ3) is 10.2. The van der Waals surface area contributed by atoms with Crippen molar-refractivity contribution in [2.24, 2.45) is 17.8 Å². The number of ether oxygens (including phenoxy) is 4. The van der Waals surface area contributed by atoms with Crippen LogP contribution in [-0.4, -0.2) is 47.0 Å². The Labute approximate surface area is 231 Å². The van der Waals surface area contributed by atoms with Crippen LogP contribution in [0.3, 0.4) is 0 Å². The average Bonchev–Trinajstić information content (AvgIpc) is 2.88. The van der Waals surface area contributed by atoms with Gasteiger partial charge in [-0.1, -0.05) is 54.5 Å². The lowest BCUT2D eigenvalue weighted by Crippen LogP contribution is -2.59. The number of benzene rings is 1. The van der Waals surface area contributed by atoms with Crippen molar-refractivity contribution in [2.75, 3.05) is 0 Å². The van der Waals surface area contributed by atoms with Crippen LogP contribution in [0.2, 0.25) is 0 Å². The largest absolute Gasteiger partial charge is 0.510 e. The molecule has 4 unspecified atom stereocenters. The molecule has 0 amide bonds. The second-order valence-corrected chi connectivity index (χ2v) is 10.4. The molecule has 0 saturated carbocycles. The van der Waals surface area contributed by atoms with E-state index in [1.807, 2.05) is 34.6 Å². The van der Waals surface area contributed by atoms with Crippen LogP contribution < -0.4 is 14.8 Å². The van der Waals surface area contributed by atoms with Crippen LogP contribution in [0.15, 0.2) is 18.2 Å². The van der Waals surface area contributed by atoms with Crippen LogP contribution in [0.25, 0.3) is 0 Å². The summed E-state index contributed by atoms with van der Waals surface area (Å²) >= 11 is 0. The normalized spacial score (nSPS) is 15.8. The Kier molecular flexibility index (Phi) is 13.4. The molecule has 0 aliphatic heterocycles. The smallest absolute Gasteiger partial charge is 0.477 e. The minimum atomic E-state index is -2.18. The van der Waals surface area contributed by atoms with Crippen molar-refractivity contribution in [1.29, 1.82) is 0 Å². The Balaban J connectivity index is 3.51. The zero-order chi connectivity index (χ0) is 29.9. The number of carboxylic acids is 1. The maximum atomic E-state index is 12.7. The van der Waals surface area contributed by atoms with Crippen molar-refractivity contribution in [3.8, 4) is 11.5 Å². The van der Waals surface area contributed by atoms with Gasteiger partial charge in [-0.15, -0.1) is 0 Å². The summed E-state index contributed by atoms with van der Waals surface area (Å²) in [7, 11) is 0. The molecule has 1 aromatic rings. The van der Waals surface area contributed by atoms with E-state index in [1.54, 1.807) is 27.7 Å². The van der Waals surface area contributed by atoms with Gasteiger partial charge >= 0.3 is 24.1 Å². The lowest BCUT2D eigenvalue weighted by atomic mass is 10.00. The second kappa shape index (κ2) is 15.5. The Bertz CT molecular complexity index is 993. The summed E-state index contributed by atoms with van der Waals surface area (Å²) in [6.07, 6.45) is -0.310. The summed E-state index contributed by atoms with van der Waals surface area (Å²) < 4.78 is 21.8. The topological polar surface area (TPSA) is 137 Å². The number of hydrogen-bond acceptors (Lipinski definition) is 9. The van der Waals surface area contributed by atoms with Gasteiger partial charge in [0, 0.05) is 12.5 Å². The number of carbonyl (C=O) groups is 4. The highest BCUT2D eigenvalue weighted by Gasteiger charge is 2.45. The van der Waals surface area contributed by atoms with Crippen molar-refractivity contribution >= 4 is 24.1 Å². The van der Waals surface area contributed by atoms with Gasteiger partial charge < -0.3 is 24.1 Å². The van der Waals surface area contributed by atoms with E-state index in [9.17, 15) is 24.3 Å². The van der Waals surface area contributed by atoms with Gasteiger partial charge in [-0.2, -0.15) is 0 Å². The predicted octanol–water partition coefficient (Wildman–Crippen LogP) is 5.50. The molecule has 0 aliphatic carbocycles. The van der Waals surface area contributed by atoms with Crippen LogP contribution in [0.1, 0.15) is 87.1 Å². The van der Waals surface area contributed by atoms with E-state index in [0.717, 1.165) is 0 Å². The Morgan fingerprint density at radius 1 is 0.846 bits per heavy atom. The molecular formula is C29H45NO9. The number of hydrogen-bond donors (Lipinski definition) is 2. The molecule has 0 aliphatic rings. The van der Waals surface area contributed by atoms with Gasteiger partial charge in [-0.25, -0.2) is 9.59 Å². The molecule has 1 aromatic carbocycles. The van der Waals surface area contributed by atoms with Crippen LogP contribution >= 0.6 is 0 Å². The molecule has 10 nitrogen and oxygen atoms in total. The maximum Gasteiger partial charge on any atom is 0.510 e. The van der Waals surface area contributed by atoms with Crippen molar-refractivity contribution in [1.82, 2.24) is 5.32 Å². The Morgan fingerprint density at radius 3 is 1.85 bits per heavy atom. The quantitative estimate of drug-likeness (QED) is 0.163. The first-order valence-electron chi connectivity index (χ1n) is 13.7. The monoisotopic (exact) mass is 551 g/mol. The minimum Gasteiger partial charge on any atom is -0.477 e. The molecule has 0 fully saturated rings. The van der Waals surface area contributed by atoms with E-state index in [4.69, 9.17) is 18.9 Å². The zero-order valence-corrected chi connectivity index (χ0v) is 24.7. The lowest BCUT2D eigenvalue weighted by molar-refractivity contribution is -0.168. The summed E-state index contributed by atoms with van der Waals surface area (Å²) in [5.41, 5.74) is -1.83. The fraction of sp³-hybridized carbons (Fsp3) is 0.655. The maximum absolute atomic E-state index is 12.7. The van der Waals surface area contributed by atoms with E-state index in [1.165, 1.54) is 18.2 Å². The number of aliphatic carboxylic acids is 1. The van der Waals surface area contributed by atoms with E-state index in [0.29, 0.717) is 24.8 Å². The van der Waals surface area contributed by atoms with E-state index in [-0.39, 0.29) is 35.8 Å². The highest BCUT2D eigenvalue weighted by molar-refractivity contribution is 5.81. The van der Waals surface area contributed by atoms with Gasteiger partial charge in [0.15, 0.2) is 11.5 Å². The van der Waals surface area contributed by atoms with Gasteiger partial charge in [-0.3, -0.25) is 14.9 Å². The van der Waals surface area contributed by atoms with Gasteiger partial charge in [-0.05, 0) is 56.7 Å². The van der Waals surface area contributed by atoms with Crippen molar-refractivity contribution in [3.63, 3.8) is 0 Å². The molecule has 0 aromatic heterocycles. The molecule has 0 saturated heterocycles. The fourth-order valence-corrected chi connectivity index (χ4v) is 3.12. The molecule has 0 bridgehead atoms. The van der Waals surface area contributed by atoms with E-state index in [2.05, 4.69) is 5.32 Å². The van der Waals surface area contributed by atoms with Crippen molar-refractivity contribution in [3.05, 3.63) is 23.8 Å². The molecule has 0 spiro atoms. The molecule has 1 rings (SSSR count). The van der Waals surface area contributed by atoms with Gasteiger partial charge in [0.25, 0.3) is 5.72 Å². The van der Waals surface area contributed by atoms with Crippen LogP contribution in [0.5, 0.6) is 11.5 Å². The highest BCUT2D eigenvalue weighted by atomic mass is 16.7. The predicted molar refractivity (Wildman–Crippen MR) is 145 cm³/mol. The summed E-state index contributed by atoms with van der Waals surface area (Å²) in [6, 6.07) is 4.04. The summed E-state index contributed by atoms with van der Waals surface area (Å²) in [5, 5.41) is 13.2. The van der Waals surface area contributed by atoms with E-state index < -0.39 is 41.8 Å². The van der Waals surface area contributed by atoms with Gasteiger partial charge in [0.1, 0.15) is 6.10 Å². The third-order valence-corrected chi connectivity index (χ3v) is 6.83. The highest BCUT2D eigenvalue weighted by Crippen LogP contribution is 2.32. The number of carbonyl (C=O) groups excluding carboxylic acids is 3. The Morgan fingerprint density at radius 2 is 1.38 bits per heavy atom. The van der Waals surface area contributed by atoms with Crippen molar-refractivity contribution < 1.29 is 43.2 Å². The first kappa shape index (κ1) is 33.9. The van der Waals surface area contributed by atoms with Gasteiger partial charge in [0.2, 0.25) is 0 Å². The number of esters is 2. The molecule has 0 heterocycles. The van der Waals surface area contributed by atoms with Crippen LogP contribution in [0.4, 0.5) is 4.79 Å². The van der Waals surface area contributed by atoms with Crippen LogP contribution in [0, 0.1) is 17.8 Å². The minimum absolute atomic E-state index is 0.00672. The fourth-order valence-electron chi connectivity index (χ4n) is 3.12. The second-order valence-electron chi connectivity index (χ2n) is 10.4. The number of rotatable bonds is 15. The average molecular weight is 552 g/mol. The zero-order valence-electron chi connectivity index (χ0n) is 24.7. The van der Waals surface area contributed by atoms with Gasteiger partial charge in [0.05, 0.1) is 11.8 Å². The standard InChI is InChI=1S/C29H45NO9/c1-10-18(6)25(31)37-23-14-13-22(15-24(23)38-26(32)19(7)11-2)16-29(27(33)34,30-20(8)12-3)39-28(35)36-21(9)17(4)5/h13-15,17-21,30H,10-12,16H2,1-9H3,(H,33,34)/t18?,19?,20?,21?,29-/m0/s1. The molecular weight excluding hydrogens is 506 g/mol. The molecule has 220 valence electrons. The third-order valence-electron chi connectivity index (χ3n) is 6.83.